The molecule has 0 saturated heterocycles. The van der Waals surface area contributed by atoms with Crippen LogP contribution < -0.4 is 0 Å². The molecule has 0 spiro atoms. The monoisotopic (exact) mass is 210 g/mol. The molecule has 74 valence electrons. The summed E-state index contributed by atoms with van der Waals surface area (Å²) in [6, 6.07) is 0. The van der Waals surface area contributed by atoms with Crippen LogP contribution in [0, 0.1) is 0 Å². The van der Waals surface area contributed by atoms with Crippen molar-refractivity contribution in [2.45, 2.75) is 12.2 Å². The molecule has 9 heteroatoms. The molecule has 2 atom stereocenters. The summed E-state index contributed by atoms with van der Waals surface area (Å²) in [5.41, 5.74) is 0. The molecule has 0 radical (unpaired) electrons. The van der Waals surface area contributed by atoms with Gasteiger partial charge in [-0.25, -0.2) is 0 Å². The number of aliphatic hydroxyl groups excluding tert-OH is 2. The zero-order valence-corrected chi connectivity index (χ0v) is 7.36. The molecule has 0 rings (SSSR count). The van der Waals surface area contributed by atoms with E-state index in [1.54, 1.807) is 0 Å². The Morgan fingerprint density at radius 3 is 2.00 bits per heavy atom. The van der Waals surface area contributed by atoms with Crippen LogP contribution in [0.4, 0.5) is 0 Å². The van der Waals surface area contributed by atoms with Crippen LogP contribution in [0.3, 0.4) is 0 Å². The number of carbonyl (C=O) groups excluding carboxylic acids is 1. The Balaban J connectivity index is 0. The normalized spacial score (nSPS) is 13.1. The molecule has 0 fully saturated rings. The van der Waals surface area contributed by atoms with Crippen molar-refractivity contribution in [3.8, 4) is 0 Å². The minimum atomic E-state index is -2.26. The van der Waals surface area contributed by atoms with Gasteiger partial charge in [0.15, 0.2) is 0 Å². The number of carboxylic acids is 1. The summed E-state index contributed by atoms with van der Waals surface area (Å²) in [4.78, 5) is 20.4. The number of hydrogen-bond donors (Lipinski definition) is 3. The van der Waals surface area contributed by atoms with Gasteiger partial charge < -0.3 is 5.48 Å². The standard InChI is InChI=1S/C4H6O6.Al.H2O.O/c5-1(3(7)8)2(6)4(9)10;;;/h1-2,5-6H,(H,7,8)(H,9,10);;1H2;/q;+1;;/p-1. The van der Waals surface area contributed by atoms with Crippen LogP contribution in [0.2, 0.25) is 0 Å². The van der Waals surface area contributed by atoms with Crippen LogP contribution in [0.5, 0.6) is 0 Å². The molecular weight excluding hydrogens is 203 g/mol. The second-order valence-corrected chi connectivity index (χ2v) is 2.19. The van der Waals surface area contributed by atoms with Gasteiger partial charge in [0.05, 0.1) is 0 Å². The quantitative estimate of drug-likeness (QED) is 0.406. The Labute approximate surface area is 78.3 Å². The van der Waals surface area contributed by atoms with Gasteiger partial charge in [-0.2, -0.15) is 0 Å². The van der Waals surface area contributed by atoms with Gasteiger partial charge in [0, 0.05) is 0 Å². The molecule has 0 amide bonds. The topological polar surface area (TPSA) is 153 Å². The molecular formula is C4H7AlO8. The fraction of sp³-hybridized carbons (Fsp3) is 0.500. The van der Waals surface area contributed by atoms with Gasteiger partial charge in [0.25, 0.3) is 0 Å². The van der Waals surface area contributed by atoms with E-state index < -0.39 is 39.6 Å². The molecule has 0 saturated carbocycles. The third kappa shape index (κ3) is 4.66. The van der Waals surface area contributed by atoms with Gasteiger partial charge in [0.1, 0.15) is 0 Å². The van der Waals surface area contributed by atoms with E-state index in [2.05, 4.69) is 3.79 Å². The number of aliphatic hydroxyl groups is 2. The summed E-state index contributed by atoms with van der Waals surface area (Å²) in [6.07, 6.45) is -4.47. The first kappa shape index (κ1) is 14.7. The van der Waals surface area contributed by atoms with Gasteiger partial charge >= 0.3 is 72.1 Å². The molecule has 0 aliphatic heterocycles. The van der Waals surface area contributed by atoms with Crippen molar-refractivity contribution in [3.05, 3.63) is 0 Å². The van der Waals surface area contributed by atoms with Crippen molar-refractivity contribution >= 4 is 27.4 Å². The first-order valence-corrected chi connectivity index (χ1v) is 3.68. The molecule has 0 aliphatic rings. The Kier molecular flexibility index (Phi) is 7.50. The molecule has 0 aromatic carbocycles. The summed E-state index contributed by atoms with van der Waals surface area (Å²) < 4.78 is 13.5. The van der Waals surface area contributed by atoms with Gasteiger partial charge in [-0.05, 0) is 0 Å². The van der Waals surface area contributed by atoms with Gasteiger partial charge in [0.2, 0.25) is 0 Å². The number of carbonyl (C=O) groups is 2. The van der Waals surface area contributed by atoms with Crippen molar-refractivity contribution in [1.29, 1.82) is 0 Å². The third-order valence-electron chi connectivity index (χ3n) is 0.958. The first-order valence-electron chi connectivity index (χ1n) is 2.73. The SMILES string of the molecule is O.[O]=[Al][O]C(=O)C(O)C(O)C(=O)O. The van der Waals surface area contributed by atoms with Crippen LogP contribution in [0.15, 0.2) is 0 Å². The van der Waals surface area contributed by atoms with Crippen LogP contribution in [0.1, 0.15) is 0 Å². The second-order valence-electron chi connectivity index (χ2n) is 1.76. The maximum absolute atomic E-state index is 10.4. The molecule has 0 aromatic heterocycles. The van der Waals surface area contributed by atoms with Gasteiger partial charge in [-0.1, -0.05) is 0 Å². The van der Waals surface area contributed by atoms with E-state index in [4.69, 9.17) is 15.3 Å². The average Bonchev–Trinajstić information content (AvgIpc) is 2.02. The Hall–Kier alpha value is -0.848. The maximum atomic E-state index is 10.4. The van der Waals surface area contributed by atoms with E-state index in [1.807, 2.05) is 0 Å². The molecule has 0 aliphatic carbocycles. The number of carboxylic acid groups (broad SMARTS) is 1. The molecule has 2 unspecified atom stereocenters. The van der Waals surface area contributed by atoms with Crippen molar-refractivity contribution in [2.75, 3.05) is 0 Å². The molecule has 0 bridgehead atoms. The summed E-state index contributed by atoms with van der Waals surface area (Å²) >= 11 is -1.87. The fourth-order valence-corrected chi connectivity index (χ4v) is 0.615. The average molecular weight is 210 g/mol. The van der Waals surface area contributed by atoms with Crippen molar-refractivity contribution in [1.82, 2.24) is 0 Å². The van der Waals surface area contributed by atoms with Crippen molar-refractivity contribution in [3.63, 3.8) is 0 Å². The van der Waals surface area contributed by atoms with E-state index in [0.717, 1.165) is 0 Å². The van der Waals surface area contributed by atoms with E-state index >= 15 is 0 Å². The number of aliphatic carboxylic acids is 1. The number of hydrogen-bond acceptors (Lipinski definition) is 6. The molecule has 5 N–H and O–H groups in total. The number of rotatable bonds is 4. The third-order valence-corrected chi connectivity index (χ3v) is 1.29. The predicted octanol–water partition coefficient (Wildman–Crippen LogP) is -3.52. The van der Waals surface area contributed by atoms with Crippen LogP contribution in [-0.2, 0) is 17.2 Å². The summed E-state index contributed by atoms with van der Waals surface area (Å²) in [5.74, 6) is -3.18. The van der Waals surface area contributed by atoms with E-state index in [0.29, 0.717) is 0 Å². The second kappa shape index (κ2) is 6.65. The Bertz CT molecular complexity index is 202. The van der Waals surface area contributed by atoms with Crippen LogP contribution in [-0.4, -0.2) is 60.4 Å². The summed E-state index contributed by atoms with van der Waals surface area (Å²) in [7, 11) is 0. The van der Waals surface area contributed by atoms with Crippen molar-refractivity contribution in [2.24, 2.45) is 0 Å². The zero-order valence-electron chi connectivity index (χ0n) is 6.21. The minimum absolute atomic E-state index is 0. The predicted molar refractivity (Wildman–Crippen MR) is 35.8 cm³/mol. The summed E-state index contributed by atoms with van der Waals surface area (Å²) in [5, 5.41) is 25.3. The Morgan fingerprint density at radius 2 is 1.69 bits per heavy atom. The summed E-state index contributed by atoms with van der Waals surface area (Å²) in [6.45, 7) is 0. The molecule has 0 heterocycles. The van der Waals surface area contributed by atoms with Crippen molar-refractivity contribution < 1.29 is 38.0 Å². The zero-order chi connectivity index (χ0) is 9.72. The molecule has 13 heavy (non-hydrogen) atoms. The molecule has 8 nitrogen and oxygen atoms in total. The van der Waals surface area contributed by atoms with E-state index in [9.17, 15) is 13.4 Å². The fourth-order valence-electron chi connectivity index (χ4n) is 0.381. The van der Waals surface area contributed by atoms with Crippen LogP contribution in [0.25, 0.3) is 0 Å². The Morgan fingerprint density at radius 1 is 1.23 bits per heavy atom. The van der Waals surface area contributed by atoms with Crippen LogP contribution >= 0.6 is 0 Å². The first-order chi connectivity index (χ1) is 5.50. The van der Waals surface area contributed by atoms with E-state index in [-0.39, 0.29) is 5.48 Å². The molecule has 0 aromatic rings. The van der Waals surface area contributed by atoms with Gasteiger partial charge in [-0.15, -0.1) is 0 Å². The van der Waals surface area contributed by atoms with E-state index in [1.165, 1.54) is 0 Å². The van der Waals surface area contributed by atoms with Gasteiger partial charge in [-0.3, -0.25) is 0 Å².